The van der Waals surface area contributed by atoms with E-state index in [0.717, 1.165) is 0 Å². The van der Waals surface area contributed by atoms with Crippen LogP contribution in [-0.4, -0.2) is 30.8 Å². The number of amides is 1. The van der Waals surface area contributed by atoms with Crippen molar-refractivity contribution in [3.8, 4) is 0 Å². The summed E-state index contributed by atoms with van der Waals surface area (Å²) >= 11 is 0. The normalized spacial score (nSPS) is 11.7. The average molecular weight is 215 g/mol. The van der Waals surface area contributed by atoms with Crippen molar-refractivity contribution in [2.75, 3.05) is 7.11 Å². The maximum Gasteiger partial charge on any atom is 0.305 e. The van der Waals surface area contributed by atoms with Gasteiger partial charge in [0.05, 0.1) is 13.2 Å². The topological polar surface area (TPSA) is 72.5 Å². The molecule has 5 nitrogen and oxygen atoms in total. The van der Waals surface area contributed by atoms with Gasteiger partial charge in [-0.2, -0.15) is 0 Å². The van der Waals surface area contributed by atoms with Gasteiger partial charge in [-0.05, 0) is 6.42 Å². The first kappa shape index (κ1) is 13.6. The van der Waals surface area contributed by atoms with Gasteiger partial charge in [0.15, 0.2) is 5.78 Å². The van der Waals surface area contributed by atoms with Gasteiger partial charge in [-0.3, -0.25) is 14.4 Å². The molecule has 5 heteroatoms. The average Bonchev–Trinajstić information content (AvgIpc) is 2.21. The maximum absolute atomic E-state index is 11.4. The molecule has 0 aliphatic heterocycles. The molecule has 1 N–H and O–H groups in total. The molecule has 0 rings (SSSR count). The molecule has 0 saturated carbocycles. The molecule has 0 radical (unpaired) electrons. The predicted octanol–water partition coefficient (Wildman–Crippen LogP) is 0.423. The number of carbonyl (C=O) groups is 3. The van der Waals surface area contributed by atoms with Crippen molar-refractivity contribution in [3.63, 3.8) is 0 Å². The summed E-state index contributed by atoms with van der Waals surface area (Å²) in [7, 11) is 1.29. The van der Waals surface area contributed by atoms with Crippen LogP contribution in [0.25, 0.3) is 0 Å². The van der Waals surface area contributed by atoms with E-state index in [4.69, 9.17) is 0 Å². The summed E-state index contributed by atoms with van der Waals surface area (Å²) in [5.41, 5.74) is 0. The van der Waals surface area contributed by atoms with E-state index in [1.165, 1.54) is 14.0 Å². The largest absolute Gasteiger partial charge is 0.469 e. The van der Waals surface area contributed by atoms with Gasteiger partial charge in [-0.15, -0.1) is 0 Å². The molecular weight excluding hydrogens is 198 g/mol. The fourth-order valence-corrected chi connectivity index (χ4v) is 1.17. The van der Waals surface area contributed by atoms with E-state index in [9.17, 15) is 14.4 Å². The van der Waals surface area contributed by atoms with Gasteiger partial charge in [0.25, 0.3) is 0 Å². The number of Topliss-reactive ketones (excluding diaryl/α,β-unsaturated/α-hetero) is 1. The molecule has 15 heavy (non-hydrogen) atoms. The zero-order chi connectivity index (χ0) is 11.8. The lowest BCUT2D eigenvalue weighted by Gasteiger charge is -2.14. The first-order valence-corrected chi connectivity index (χ1v) is 4.87. The lowest BCUT2D eigenvalue weighted by molar-refractivity contribution is -0.141. The van der Waals surface area contributed by atoms with E-state index in [1.54, 1.807) is 6.92 Å². The van der Waals surface area contributed by atoms with E-state index in [1.807, 2.05) is 0 Å². The molecule has 1 amide bonds. The standard InChI is InChI=1S/C10H17NO4/c1-4-9(13)8(11-7(2)12)5-6-10(14)15-3/h8H,4-6H2,1-3H3,(H,11,12). The summed E-state index contributed by atoms with van der Waals surface area (Å²) in [6, 6.07) is -0.577. The predicted molar refractivity (Wildman–Crippen MR) is 54.2 cm³/mol. The third-order valence-corrected chi connectivity index (χ3v) is 1.98. The Kier molecular flexibility index (Phi) is 6.33. The third kappa shape index (κ3) is 5.83. The van der Waals surface area contributed by atoms with Crippen LogP contribution in [0.4, 0.5) is 0 Å². The van der Waals surface area contributed by atoms with Crippen LogP contribution < -0.4 is 5.32 Å². The molecule has 86 valence electrons. The highest BCUT2D eigenvalue weighted by atomic mass is 16.5. The molecule has 0 aromatic carbocycles. The zero-order valence-electron chi connectivity index (χ0n) is 9.33. The van der Waals surface area contributed by atoms with E-state index >= 15 is 0 Å². The molecule has 0 fully saturated rings. The first-order valence-electron chi connectivity index (χ1n) is 4.87. The minimum absolute atomic E-state index is 0.0749. The summed E-state index contributed by atoms with van der Waals surface area (Å²) in [4.78, 5) is 33.1. The number of esters is 1. The lowest BCUT2D eigenvalue weighted by Crippen LogP contribution is -2.39. The molecule has 1 unspecified atom stereocenters. The summed E-state index contributed by atoms with van der Waals surface area (Å²) in [5, 5.41) is 2.51. The summed E-state index contributed by atoms with van der Waals surface area (Å²) in [5.74, 6) is -0.727. The van der Waals surface area contributed by atoms with E-state index in [2.05, 4.69) is 10.1 Å². The Morgan fingerprint density at radius 2 is 1.93 bits per heavy atom. The Bertz CT molecular complexity index is 250. The van der Waals surface area contributed by atoms with Crippen LogP contribution in [-0.2, 0) is 19.1 Å². The zero-order valence-corrected chi connectivity index (χ0v) is 9.33. The second-order valence-electron chi connectivity index (χ2n) is 3.19. The van der Waals surface area contributed by atoms with Crippen molar-refractivity contribution in [1.82, 2.24) is 5.32 Å². The molecule has 0 aromatic rings. The fraction of sp³-hybridized carbons (Fsp3) is 0.700. The number of carbonyl (C=O) groups excluding carboxylic acids is 3. The molecule has 0 aliphatic rings. The number of hydrogen-bond donors (Lipinski definition) is 1. The van der Waals surface area contributed by atoms with Crippen LogP contribution in [0.5, 0.6) is 0 Å². The van der Waals surface area contributed by atoms with Crippen molar-refractivity contribution in [1.29, 1.82) is 0 Å². The van der Waals surface area contributed by atoms with Crippen LogP contribution in [0, 0.1) is 0 Å². The number of nitrogens with one attached hydrogen (secondary N) is 1. The van der Waals surface area contributed by atoms with E-state index < -0.39 is 6.04 Å². The van der Waals surface area contributed by atoms with Gasteiger partial charge in [-0.25, -0.2) is 0 Å². The SMILES string of the molecule is CCC(=O)C(CCC(=O)OC)NC(C)=O. The molecule has 0 spiro atoms. The van der Waals surface area contributed by atoms with Crippen LogP contribution in [0.3, 0.4) is 0 Å². The quantitative estimate of drug-likeness (QED) is 0.652. The highest BCUT2D eigenvalue weighted by Crippen LogP contribution is 2.02. The smallest absolute Gasteiger partial charge is 0.305 e. The van der Waals surface area contributed by atoms with Gasteiger partial charge < -0.3 is 10.1 Å². The van der Waals surface area contributed by atoms with Crippen LogP contribution in [0.1, 0.15) is 33.1 Å². The molecule has 0 aromatic heterocycles. The fourth-order valence-electron chi connectivity index (χ4n) is 1.17. The first-order chi connectivity index (χ1) is 7.01. The van der Waals surface area contributed by atoms with Crippen LogP contribution in [0.2, 0.25) is 0 Å². The molecule has 0 aliphatic carbocycles. The van der Waals surface area contributed by atoms with E-state index in [0.29, 0.717) is 12.8 Å². The number of ether oxygens (including phenoxy) is 1. The van der Waals surface area contributed by atoms with Crippen molar-refractivity contribution >= 4 is 17.7 Å². The van der Waals surface area contributed by atoms with Crippen molar-refractivity contribution in [2.45, 2.75) is 39.2 Å². The Balaban J connectivity index is 4.18. The van der Waals surface area contributed by atoms with Crippen molar-refractivity contribution in [2.24, 2.45) is 0 Å². The van der Waals surface area contributed by atoms with Crippen molar-refractivity contribution < 1.29 is 19.1 Å². The van der Waals surface area contributed by atoms with Crippen LogP contribution >= 0.6 is 0 Å². The lowest BCUT2D eigenvalue weighted by atomic mass is 10.1. The minimum Gasteiger partial charge on any atom is -0.469 e. The van der Waals surface area contributed by atoms with Gasteiger partial charge in [0.2, 0.25) is 5.91 Å². The molecule has 1 atom stereocenters. The number of rotatable bonds is 6. The van der Waals surface area contributed by atoms with Gasteiger partial charge in [0.1, 0.15) is 0 Å². The Morgan fingerprint density at radius 3 is 2.33 bits per heavy atom. The second-order valence-corrected chi connectivity index (χ2v) is 3.19. The Morgan fingerprint density at radius 1 is 1.33 bits per heavy atom. The second kappa shape index (κ2) is 6.98. The minimum atomic E-state index is -0.577. The number of methoxy groups -OCH3 is 1. The molecule has 0 heterocycles. The maximum atomic E-state index is 11.4. The van der Waals surface area contributed by atoms with Gasteiger partial charge >= 0.3 is 5.97 Å². The highest BCUT2D eigenvalue weighted by molar-refractivity contribution is 5.88. The number of hydrogen-bond acceptors (Lipinski definition) is 4. The van der Waals surface area contributed by atoms with Crippen LogP contribution in [0.15, 0.2) is 0 Å². The van der Waals surface area contributed by atoms with E-state index in [-0.39, 0.29) is 24.1 Å². The molecule has 0 saturated heterocycles. The van der Waals surface area contributed by atoms with Gasteiger partial charge in [0, 0.05) is 19.8 Å². The summed E-state index contributed by atoms with van der Waals surface area (Å²) in [6.45, 7) is 3.06. The third-order valence-electron chi connectivity index (χ3n) is 1.98. The Labute approximate surface area is 89.2 Å². The molecular formula is C10H17NO4. The monoisotopic (exact) mass is 215 g/mol. The Hall–Kier alpha value is -1.39. The summed E-state index contributed by atoms with van der Waals surface area (Å²) < 4.78 is 4.46. The van der Waals surface area contributed by atoms with Crippen molar-refractivity contribution in [3.05, 3.63) is 0 Å². The number of ketones is 1. The summed E-state index contributed by atoms with van der Waals surface area (Å²) in [6.07, 6.45) is 0.762. The highest BCUT2D eigenvalue weighted by Gasteiger charge is 2.18. The van der Waals surface area contributed by atoms with Gasteiger partial charge in [-0.1, -0.05) is 6.92 Å². The molecule has 0 bridgehead atoms.